The largest absolute Gasteiger partial charge is 0.477 e. The van der Waals surface area contributed by atoms with Crippen molar-refractivity contribution in [2.24, 2.45) is 0 Å². The van der Waals surface area contributed by atoms with Crippen LogP contribution in [0.4, 0.5) is 0 Å². The molecule has 2 rings (SSSR count). The van der Waals surface area contributed by atoms with Crippen molar-refractivity contribution < 1.29 is 18.7 Å². The smallest absolute Gasteiger partial charge is 0.346 e. The molecule has 0 radical (unpaired) electrons. The molecule has 1 heterocycles. The zero-order valence-electron chi connectivity index (χ0n) is 12.6. The van der Waals surface area contributed by atoms with E-state index in [1.54, 1.807) is 13.0 Å². The fraction of sp³-hybridized carbons (Fsp3) is 0.375. The summed E-state index contributed by atoms with van der Waals surface area (Å²) in [6.45, 7) is 3.58. The number of rotatable bonds is 5. The summed E-state index contributed by atoms with van der Waals surface area (Å²) in [5.74, 6) is -0.249. The molecule has 1 aromatic carbocycles. The molecule has 0 saturated carbocycles. The minimum absolute atomic E-state index is 0.267. The van der Waals surface area contributed by atoms with E-state index in [1.165, 1.54) is 19.2 Å². The van der Waals surface area contributed by atoms with Gasteiger partial charge in [-0.3, -0.25) is 0 Å². The van der Waals surface area contributed by atoms with Gasteiger partial charge in [-0.1, -0.05) is 24.9 Å². The molecule has 0 saturated heterocycles. The van der Waals surface area contributed by atoms with Crippen LogP contribution in [0.3, 0.4) is 0 Å². The highest BCUT2D eigenvalue weighted by atomic mass is 35.5. The van der Waals surface area contributed by atoms with Gasteiger partial charge in [0.25, 0.3) is 0 Å². The third-order valence-corrected chi connectivity index (χ3v) is 3.53. The molecule has 0 spiro atoms. The SMILES string of the molecule is CCCc1cc(=O)oc2cc(O[C@H](C)C(=O)OC)c(Cl)cc12. The lowest BCUT2D eigenvalue weighted by atomic mass is 10.1. The van der Waals surface area contributed by atoms with E-state index in [0.29, 0.717) is 10.6 Å². The zero-order valence-corrected chi connectivity index (χ0v) is 13.4. The first-order valence-electron chi connectivity index (χ1n) is 6.97. The Morgan fingerprint density at radius 2 is 2.09 bits per heavy atom. The van der Waals surface area contributed by atoms with E-state index in [2.05, 4.69) is 4.74 Å². The van der Waals surface area contributed by atoms with Crippen LogP contribution in [0.5, 0.6) is 5.75 Å². The second-order valence-electron chi connectivity index (χ2n) is 4.90. The van der Waals surface area contributed by atoms with Crippen molar-refractivity contribution in [2.45, 2.75) is 32.8 Å². The Balaban J connectivity index is 2.48. The van der Waals surface area contributed by atoms with Gasteiger partial charge in [-0.15, -0.1) is 0 Å². The Hall–Kier alpha value is -2.01. The van der Waals surface area contributed by atoms with Crippen LogP contribution in [0, 0.1) is 0 Å². The first-order valence-corrected chi connectivity index (χ1v) is 7.34. The fourth-order valence-electron chi connectivity index (χ4n) is 2.20. The van der Waals surface area contributed by atoms with Crippen molar-refractivity contribution in [2.75, 3.05) is 7.11 Å². The number of hydrogen-bond donors (Lipinski definition) is 0. The summed E-state index contributed by atoms with van der Waals surface area (Å²) in [4.78, 5) is 23.1. The molecule has 0 unspecified atom stereocenters. The Bertz CT molecular complexity index is 750. The van der Waals surface area contributed by atoms with E-state index >= 15 is 0 Å². The van der Waals surface area contributed by atoms with Crippen LogP contribution in [0.2, 0.25) is 5.02 Å². The van der Waals surface area contributed by atoms with Crippen LogP contribution in [0.25, 0.3) is 11.0 Å². The number of esters is 1. The summed E-state index contributed by atoms with van der Waals surface area (Å²) in [5.41, 5.74) is 0.834. The van der Waals surface area contributed by atoms with E-state index in [1.807, 2.05) is 6.92 Å². The minimum atomic E-state index is -0.814. The second kappa shape index (κ2) is 6.83. The number of halogens is 1. The van der Waals surface area contributed by atoms with Crippen molar-refractivity contribution in [3.8, 4) is 5.75 Å². The molecule has 1 atom stereocenters. The number of benzene rings is 1. The average molecular weight is 325 g/mol. The maximum atomic E-state index is 11.6. The van der Waals surface area contributed by atoms with Crippen LogP contribution in [0.1, 0.15) is 25.8 Å². The van der Waals surface area contributed by atoms with Gasteiger partial charge in [0.2, 0.25) is 0 Å². The highest BCUT2D eigenvalue weighted by Gasteiger charge is 2.18. The lowest BCUT2D eigenvalue weighted by molar-refractivity contribution is -0.147. The molecule has 6 heteroatoms. The molecule has 0 N–H and O–H groups in total. The van der Waals surface area contributed by atoms with Gasteiger partial charge in [0.05, 0.1) is 12.1 Å². The summed E-state index contributed by atoms with van der Waals surface area (Å²) < 4.78 is 15.3. The number of hydrogen-bond acceptors (Lipinski definition) is 5. The van der Waals surface area contributed by atoms with E-state index in [-0.39, 0.29) is 5.75 Å². The number of carbonyl (C=O) groups is 1. The third-order valence-electron chi connectivity index (χ3n) is 3.24. The van der Waals surface area contributed by atoms with Crippen molar-refractivity contribution in [1.29, 1.82) is 0 Å². The van der Waals surface area contributed by atoms with Crippen LogP contribution in [-0.2, 0) is 16.0 Å². The molecule has 2 aromatic rings. The van der Waals surface area contributed by atoms with Crippen LogP contribution in [0.15, 0.2) is 27.4 Å². The molecule has 0 aliphatic rings. The van der Waals surface area contributed by atoms with Crippen molar-refractivity contribution in [1.82, 2.24) is 0 Å². The molecule has 0 fully saturated rings. The number of methoxy groups -OCH3 is 1. The summed E-state index contributed by atoms with van der Waals surface area (Å²) in [7, 11) is 1.28. The Labute approximate surface area is 132 Å². The first kappa shape index (κ1) is 16.4. The summed E-state index contributed by atoms with van der Waals surface area (Å²) in [6, 6.07) is 4.68. The standard InChI is InChI=1S/C16H17ClO5/c1-4-5-10-6-15(18)22-13-8-14(12(17)7-11(10)13)21-9(2)16(19)20-3/h6-9H,4-5H2,1-3H3/t9-/m1/s1. The van der Waals surface area contributed by atoms with E-state index in [9.17, 15) is 9.59 Å². The molecular weight excluding hydrogens is 308 g/mol. The summed E-state index contributed by atoms with van der Waals surface area (Å²) in [6.07, 6.45) is 0.829. The van der Waals surface area contributed by atoms with E-state index in [0.717, 1.165) is 23.8 Å². The van der Waals surface area contributed by atoms with Gasteiger partial charge in [-0.05, 0) is 25.0 Å². The number of fused-ring (bicyclic) bond motifs is 1. The topological polar surface area (TPSA) is 65.7 Å². The molecule has 0 amide bonds. The molecule has 22 heavy (non-hydrogen) atoms. The minimum Gasteiger partial charge on any atom is -0.477 e. The third kappa shape index (κ3) is 3.42. The monoisotopic (exact) mass is 324 g/mol. The number of ether oxygens (including phenoxy) is 2. The quantitative estimate of drug-likeness (QED) is 0.623. The Morgan fingerprint density at radius 3 is 2.73 bits per heavy atom. The zero-order chi connectivity index (χ0) is 16.3. The van der Waals surface area contributed by atoms with Gasteiger partial charge >= 0.3 is 11.6 Å². The van der Waals surface area contributed by atoms with E-state index in [4.69, 9.17) is 20.8 Å². The van der Waals surface area contributed by atoms with Crippen LogP contribution >= 0.6 is 11.6 Å². The Morgan fingerprint density at radius 1 is 1.36 bits per heavy atom. The van der Waals surface area contributed by atoms with Gasteiger partial charge < -0.3 is 13.9 Å². The summed E-state index contributed by atoms with van der Waals surface area (Å²) >= 11 is 6.21. The fourth-order valence-corrected chi connectivity index (χ4v) is 2.41. The molecule has 0 aliphatic carbocycles. The van der Waals surface area contributed by atoms with Crippen molar-refractivity contribution in [3.63, 3.8) is 0 Å². The van der Waals surface area contributed by atoms with Gasteiger partial charge in [-0.25, -0.2) is 9.59 Å². The van der Waals surface area contributed by atoms with Gasteiger partial charge in [0, 0.05) is 17.5 Å². The normalized spacial score (nSPS) is 12.2. The van der Waals surface area contributed by atoms with E-state index < -0.39 is 17.7 Å². The molecule has 5 nitrogen and oxygen atoms in total. The second-order valence-corrected chi connectivity index (χ2v) is 5.31. The van der Waals surface area contributed by atoms with Crippen LogP contribution in [-0.4, -0.2) is 19.2 Å². The van der Waals surface area contributed by atoms with Crippen molar-refractivity contribution >= 4 is 28.5 Å². The van der Waals surface area contributed by atoms with Gasteiger partial charge in [-0.2, -0.15) is 0 Å². The molecule has 0 aliphatic heterocycles. The maximum Gasteiger partial charge on any atom is 0.346 e. The molecule has 0 bridgehead atoms. The van der Waals surface area contributed by atoms with Crippen molar-refractivity contribution in [3.05, 3.63) is 39.2 Å². The van der Waals surface area contributed by atoms with Crippen LogP contribution < -0.4 is 10.4 Å². The number of aryl methyl sites for hydroxylation is 1. The lowest BCUT2D eigenvalue weighted by Gasteiger charge is -2.14. The first-order chi connectivity index (χ1) is 10.5. The number of carbonyl (C=O) groups excluding carboxylic acids is 1. The van der Waals surface area contributed by atoms with Gasteiger partial charge in [0.1, 0.15) is 11.3 Å². The highest BCUT2D eigenvalue weighted by Crippen LogP contribution is 2.32. The lowest BCUT2D eigenvalue weighted by Crippen LogP contribution is -2.25. The molecular formula is C16H17ClO5. The van der Waals surface area contributed by atoms with Gasteiger partial charge in [0.15, 0.2) is 6.10 Å². The average Bonchev–Trinajstić information content (AvgIpc) is 2.48. The molecule has 118 valence electrons. The predicted molar refractivity (Wildman–Crippen MR) is 83.6 cm³/mol. The maximum absolute atomic E-state index is 11.6. The highest BCUT2D eigenvalue weighted by molar-refractivity contribution is 6.32. The summed E-state index contributed by atoms with van der Waals surface area (Å²) in [5, 5.41) is 1.11. The Kier molecular flexibility index (Phi) is 5.08. The molecule has 1 aromatic heterocycles. The predicted octanol–water partition coefficient (Wildman–Crippen LogP) is 3.34.